The molecule has 0 amide bonds. The van der Waals surface area contributed by atoms with E-state index in [1.807, 2.05) is 13.8 Å². The first-order valence-corrected chi connectivity index (χ1v) is 3.94. The van der Waals surface area contributed by atoms with Crippen molar-refractivity contribution in [2.24, 2.45) is 5.92 Å². The second-order valence-corrected chi connectivity index (χ2v) is 3.00. The molecule has 1 aromatic rings. The molecular formula is C7H8N2S. The smallest absolute Gasteiger partial charge is 0.146 e. The van der Waals surface area contributed by atoms with Crippen LogP contribution in [-0.4, -0.2) is 10.2 Å². The molecule has 2 nitrogen and oxygen atoms in total. The van der Waals surface area contributed by atoms with Crippen molar-refractivity contribution in [3.63, 3.8) is 0 Å². The highest BCUT2D eigenvalue weighted by Gasteiger charge is 1.87. The molecule has 0 saturated carbocycles. The van der Waals surface area contributed by atoms with Gasteiger partial charge in [-0.25, -0.2) is 0 Å². The monoisotopic (exact) mass is 152 g/mol. The van der Waals surface area contributed by atoms with Gasteiger partial charge in [-0.2, -0.15) is 0 Å². The van der Waals surface area contributed by atoms with Gasteiger partial charge in [0.15, 0.2) is 5.01 Å². The Balaban J connectivity index is 2.66. The van der Waals surface area contributed by atoms with Crippen molar-refractivity contribution in [3.8, 4) is 11.8 Å². The van der Waals surface area contributed by atoms with Gasteiger partial charge in [-0.05, 0) is 5.92 Å². The van der Waals surface area contributed by atoms with Gasteiger partial charge in [-0.15, -0.1) is 10.2 Å². The van der Waals surface area contributed by atoms with Crippen LogP contribution < -0.4 is 0 Å². The van der Waals surface area contributed by atoms with Crippen LogP contribution >= 0.6 is 11.3 Å². The van der Waals surface area contributed by atoms with Gasteiger partial charge < -0.3 is 0 Å². The summed E-state index contributed by atoms with van der Waals surface area (Å²) in [5, 5.41) is 8.25. The third kappa shape index (κ3) is 2.16. The molecular weight excluding hydrogens is 144 g/mol. The fourth-order valence-corrected chi connectivity index (χ4v) is 0.840. The van der Waals surface area contributed by atoms with Crippen LogP contribution in [-0.2, 0) is 0 Å². The highest BCUT2D eigenvalue weighted by Crippen LogP contribution is 1.98. The summed E-state index contributed by atoms with van der Waals surface area (Å²) in [6, 6.07) is 0. The summed E-state index contributed by atoms with van der Waals surface area (Å²) >= 11 is 1.47. The van der Waals surface area contributed by atoms with E-state index in [4.69, 9.17) is 0 Å². The molecule has 0 aromatic carbocycles. The number of nitrogens with zero attached hydrogens (tertiary/aromatic N) is 2. The number of hydrogen-bond donors (Lipinski definition) is 0. The van der Waals surface area contributed by atoms with Crippen LogP contribution in [0.25, 0.3) is 0 Å². The van der Waals surface area contributed by atoms with Crippen molar-refractivity contribution in [3.05, 3.63) is 10.5 Å². The zero-order valence-electron chi connectivity index (χ0n) is 5.96. The van der Waals surface area contributed by atoms with Gasteiger partial charge in [0, 0.05) is 5.92 Å². The molecule has 0 unspecified atom stereocenters. The molecule has 0 bridgehead atoms. The lowest BCUT2D eigenvalue weighted by Gasteiger charge is -1.83. The third-order valence-electron chi connectivity index (χ3n) is 0.828. The number of rotatable bonds is 0. The molecule has 0 spiro atoms. The first kappa shape index (κ1) is 7.23. The van der Waals surface area contributed by atoms with E-state index < -0.39 is 0 Å². The minimum Gasteiger partial charge on any atom is -0.146 e. The molecule has 1 aromatic heterocycles. The van der Waals surface area contributed by atoms with Gasteiger partial charge in [-0.1, -0.05) is 31.1 Å². The number of aromatic nitrogens is 2. The van der Waals surface area contributed by atoms with Gasteiger partial charge in [-0.3, -0.25) is 0 Å². The molecule has 1 rings (SSSR count). The van der Waals surface area contributed by atoms with Crippen molar-refractivity contribution in [2.45, 2.75) is 13.8 Å². The summed E-state index contributed by atoms with van der Waals surface area (Å²) in [7, 11) is 0. The van der Waals surface area contributed by atoms with Crippen LogP contribution in [0, 0.1) is 17.8 Å². The topological polar surface area (TPSA) is 25.8 Å². The first-order valence-electron chi connectivity index (χ1n) is 3.07. The van der Waals surface area contributed by atoms with E-state index in [9.17, 15) is 0 Å². The van der Waals surface area contributed by atoms with E-state index in [2.05, 4.69) is 22.0 Å². The van der Waals surface area contributed by atoms with Crippen molar-refractivity contribution in [1.82, 2.24) is 10.2 Å². The van der Waals surface area contributed by atoms with E-state index >= 15 is 0 Å². The van der Waals surface area contributed by atoms with E-state index in [-0.39, 0.29) is 0 Å². The van der Waals surface area contributed by atoms with E-state index in [1.54, 1.807) is 5.51 Å². The van der Waals surface area contributed by atoms with Crippen LogP contribution in [0.4, 0.5) is 0 Å². The van der Waals surface area contributed by atoms with Gasteiger partial charge in [0.05, 0.1) is 0 Å². The summed E-state index contributed by atoms with van der Waals surface area (Å²) in [4.78, 5) is 0. The molecule has 0 atom stereocenters. The molecule has 3 heteroatoms. The fourth-order valence-electron chi connectivity index (χ4n) is 0.434. The van der Waals surface area contributed by atoms with Crippen LogP contribution in [0.3, 0.4) is 0 Å². The largest absolute Gasteiger partial charge is 0.190 e. The minimum atomic E-state index is 0.406. The average molecular weight is 152 g/mol. The summed E-state index contributed by atoms with van der Waals surface area (Å²) in [6.07, 6.45) is 0. The lowest BCUT2D eigenvalue weighted by atomic mass is 10.2. The molecule has 0 aliphatic carbocycles. The molecule has 10 heavy (non-hydrogen) atoms. The summed E-state index contributed by atoms with van der Waals surface area (Å²) in [5.41, 5.74) is 1.68. The quantitative estimate of drug-likeness (QED) is 0.527. The molecule has 0 aliphatic heterocycles. The Bertz CT molecular complexity index is 240. The van der Waals surface area contributed by atoms with Crippen LogP contribution in [0.1, 0.15) is 18.9 Å². The predicted octanol–water partition coefficient (Wildman–Crippen LogP) is 1.55. The standard InChI is InChI=1S/C7H8N2S/c1-6(2)3-4-7-9-8-5-10-7/h5-6H,1-2H3. The van der Waals surface area contributed by atoms with Crippen molar-refractivity contribution in [2.75, 3.05) is 0 Å². The Hall–Kier alpha value is -0.880. The maximum absolute atomic E-state index is 3.78. The summed E-state index contributed by atoms with van der Waals surface area (Å²) in [5.74, 6) is 6.33. The van der Waals surface area contributed by atoms with E-state index in [0.717, 1.165) is 5.01 Å². The second-order valence-electron chi connectivity index (χ2n) is 2.17. The first-order chi connectivity index (χ1) is 4.79. The lowest BCUT2D eigenvalue weighted by molar-refractivity contribution is 0.866. The Labute approximate surface area is 64.3 Å². The van der Waals surface area contributed by atoms with Crippen LogP contribution in [0.15, 0.2) is 5.51 Å². The van der Waals surface area contributed by atoms with Crippen molar-refractivity contribution in [1.29, 1.82) is 0 Å². The minimum absolute atomic E-state index is 0.406. The van der Waals surface area contributed by atoms with Crippen molar-refractivity contribution < 1.29 is 0 Å². The van der Waals surface area contributed by atoms with Crippen molar-refractivity contribution >= 4 is 11.3 Å². The van der Waals surface area contributed by atoms with Crippen LogP contribution in [0.2, 0.25) is 0 Å². The zero-order chi connectivity index (χ0) is 7.40. The predicted molar refractivity (Wildman–Crippen MR) is 41.6 cm³/mol. The highest BCUT2D eigenvalue weighted by atomic mass is 32.1. The lowest BCUT2D eigenvalue weighted by Crippen LogP contribution is -1.78. The molecule has 1 heterocycles. The highest BCUT2D eigenvalue weighted by molar-refractivity contribution is 7.09. The molecule has 52 valence electrons. The van der Waals surface area contributed by atoms with E-state index in [0.29, 0.717) is 5.92 Å². The fraction of sp³-hybridized carbons (Fsp3) is 0.429. The molecule has 0 radical (unpaired) electrons. The van der Waals surface area contributed by atoms with Crippen LogP contribution in [0.5, 0.6) is 0 Å². The van der Waals surface area contributed by atoms with Gasteiger partial charge in [0.1, 0.15) is 5.51 Å². The maximum Gasteiger partial charge on any atom is 0.190 e. The van der Waals surface area contributed by atoms with Gasteiger partial charge >= 0.3 is 0 Å². The zero-order valence-corrected chi connectivity index (χ0v) is 6.77. The summed E-state index contributed by atoms with van der Waals surface area (Å²) < 4.78 is 0. The third-order valence-corrected chi connectivity index (χ3v) is 1.43. The Morgan fingerprint density at radius 3 is 2.90 bits per heavy atom. The molecule has 0 fully saturated rings. The Morgan fingerprint density at radius 2 is 2.40 bits per heavy atom. The SMILES string of the molecule is CC(C)C#Cc1nncs1. The molecule has 0 saturated heterocycles. The average Bonchev–Trinajstić information content (AvgIpc) is 2.34. The molecule has 0 N–H and O–H groups in total. The normalized spacial score (nSPS) is 9.10. The van der Waals surface area contributed by atoms with Gasteiger partial charge in [0.25, 0.3) is 0 Å². The van der Waals surface area contributed by atoms with Gasteiger partial charge in [0.2, 0.25) is 0 Å². The Kier molecular flexibility index (Phi) is 2.41. The summed E-state index contributed by atoms with van der Waals surface area (Å²) in [6.45, 7) is 4.10. The Morgan fingerprint density at radius 1 is 1.60 bits per heavy atom. The molecule has 0 aliphatic rings. The maximum atomic E-state index is 3.78. The number of hydrogen-bond acceptors (Lipinski definition) is 3. The van der Waals surface area contributed by atoms with E-state index in [1.165, 1.54) is 11.3 Å². The second kappa shape index (κ2) is 3.33.